The maximum absolute atomic E-state index is 12.6. The highest BCUT2D eigenvalue weighted by Crippen LogP contribution is 2.39. The highest BCUT2D eigenvalue weighted by Gasteiger charge is 2.42. The summed E-state index contributed by atoms with van der Waals surface area (Å²) < 4.78 is 31.6. The summed E-state index contributed by atoms with van der Waals surface area (Å²) in [4.78, 5) is 0.218. The second kappa shape index (κ2) is 5.44. The topological polar surface area (TPSA) is 70.4 Å². The number of methoxy groups -OCH3 is 1. The van der Waals surface area contributed by atoms with Crippen molar-refractivity contribution in [2.24, 2.45) is 0 Å². The molecule has 5 nitrogen and oxygen atoms in total. The van der Waals surface area contributed by atoms with Gasteiger partial charge in [-0.15, -0.1) is 0 Å². The number of hydrogen-bond donors (Lipinski definition) is 0. The number of nitriles is 1. The van der Waals surface area contributed by atoms with E-state index < -0.39 is 16.1 Å². The lowest BCUT2D eigenvalue weighted by atomic mass is 10.1. The van der Waals surface area contributed by atoms with E-state index in [4.69, 9.17) is 4.74 Å². The van der Waals surface area contributed by atoms with Crippen LogP contribution in [0.1, 0.15) is 17.2 Å². The molecule has 0 aliphatic carbocycles. The standard InChI is InChI=1S/C16H14N2O3S/c1-21-13-8-6-12(7-9-13)11-18-15(10-17)14-4-2-3-5-16(14)22(18,19)20/h2-9,15H,11H2,1H3. The average Bonchev–Trinajstić information content (AvgIpc) is 2.76. The largest absolute Gasteiger partial charge is 0.497 e. The molecule has 0 radical (unpaired) electrons. The first kappa shape index (κ1) is 14.6. The number of hydrogen-bond acceptors (Lipinski definition) is 4. The van der Waals surface area contributed by atoms with Crippen LogP contribution in [0.4, 0.5) is 0 Å². The lowest BCUT2D eigenvalue weighted by molar-refractivity contribution is 0.384. The molecule has 0 bridgehead atoms. The first-order valence-corrected chi connectivity index (χ1v) is 8.15. The van der Waals surface area contributed by atoms with Gasteiger partial charge in [-0.2, -0.15) is 9.57 Å². The van der Waals surface area contributed by atoms with Crippen LogP contribution in [0.15, 0.2) is 53.4 Å². The molecule has 0 fully saturated rings. The highest BCUT2D eigenvalue weighted by atomic mass is 32.2. The Morgan fingerprint density at radius 3 is 2.50 bits per heavy atom. The third-order valence-electron chi connectivity index (χ3n) is 3.71. The predicted molar refractivity (Wildman–Crippen MR) is 80.5 cm³/mol. The van der Waals surface area contributed by atoms with Crippen LogP contribution in [0.2, 0.25) is 0 Å². The van der Waals surface area contributed by atoms with Gasteiger partial charge in [0.1, 0.15) is 11.8 Å². The van der Waals surface area contributed by atoms with Gasteiger partial charge in [0.25, 0.3) is 0 Å². The fraction of sp³-hybridized carbons (Fsp3) is 0.188. The van der Waals surface area contributed by atoms with Gasteiger partial charge in [0.15, 0.2) is 0 Å². The lowest BCUT2D eigenvalue weighted by Crippen LogP contribution is -2.27. The lowest BCUT2D eigenvalue weighted by Gasteiger charge is -2.18. The molecular formula is C16H14N2O3S. The zero-order chi connectivity index (χ0) is 15.7. The number of benzene rings is 2. The van der Waals surface area contributed by atoms with Crippen molar-refractivity contribution in [2.75, 3.05) is 7.11 Å². The van der Waals surface area contributed by atoms with Crippen molar-refractivity contribution in [1.82, 2.24) is 4.31 Å². The molecule has 0 N–H and O–H groups in total. The average molecular weight is 314 g/mol. The summed E-state index contributed by atoms with van der Waals surface area (Å²) >= 11 is 0. The minimum absolute atomic E-state index is 0.152. The summed E-state index contributed by atoms with van der Waals surface area (Å²) in [6, 6.07) is 15.1. The van der Waals surface area contributed by atoms with Gasteiger partial charge in [0.2, 0.25) is 10.0 Å². The molecule has 1 atom stereocenters. The van der Waals surface area contributed by atoms with Crippen molar-refractivity contribution in [2.45, 2.75) is 17.5 Å². The molecule has 0 saturated heterocycles. The first-order valence-electron chi connectivity index (χ1n) is 6.71. The van der Waals surface area contributed by atoms with Gasteiger partial charge in [-0.1, -0.05) is 30.3 Å². The molecule has 1 aliphatic rings. The van der Waals surface area contributed by atoms with Crippen LogP contribution in [0.5, 0.6) is 5.75 Å². The number of nitrogens with zero attached hydrogens (tertiary/aromatic N) is 2. The fourth-order valence-electron chi connectivity index (χ4n) is 2.58. The monoisotopic (exact) mass is 314 g/mol. The second-order valence-corrected chi connectivity index (χ2v) is 6.83. The number of sulfonamides is 1. The van der Waals surface area contributed by atoms with Gasteiger partial charge in [-0.25, -0.2) is 8.42 Å². The fourth-order valence-corrected chi connectivity index (χ4v) is 4.32. The van der Waals surface area contributed by atoms with E-state index >= 15 is 0 Å². The van der Waals surface area contributed by atoms with E-state index in [2.05, 4.69) is 6.07 Å². The summed E-state index contributed by atoms with van der Waals surface area (Å²) in [5.41, 5.74) is 1.34. The Hall–Kier alpha value is -2.36. The third kappa shape index (κ3) is 2.25. The molecule has 1 aliphatic heterocycles. The molecule has 6 heteroatoms. The van der Waals surface area contributed by atoms with Crippen molar-refractivity contribution >= 4 is 10.0 Å². The van der Waals surface area contributed by atoms with Crippen molar-refractivity contribution in [3.8, 4) is 11.8 Å². The van der Waals surface area contributed by atoms with Crippen LogP contribution in [0.3, 0.4) is 0 Å². The van der Waals surface area contributed by atoms with Crippen LogP contribution in [0, 0.1) is 11.3 Å². The van der Waals surface area contributed by atoms with E-state index in [9.17, 15) is 13.7 Å². The quantitative estimate of drug-likeness (QED) is 0.872. The number of ether oxygens (including phenoxy) is 1. The zero-order valence-corrected chi connectivity index (χ0v) is 12.7. The van der Waals surface area contributed by atoms with Gasteiger partial charge in [-0.05, 0) is 23.8 Å². The molecule has 112 valence electrons. The Balaban J connectivity index is 1.98. The van der Waals surface area contributed by atoms with Crippen LogP contribution < -0.4 is 4.74 Å². The molecule has 2 aromatic rings. The Kier molecular flexibility index (Phi) is 3.61. The molecular weight excluding hydrogens is 300 g/mol. The van der Waals surface area contributed by atoms with E-state index in [0.29, 0.717) is 11.3 Å². The minimum Gasteiger partial charge on any atom is -0.497 e. The Morgan fingerprint density at radius 2 is 1.86 bits per heavy atom. The second-order valence-electron chi connectivity index (χ2n) is 4.97. The first-order chi connectivity index (χ1) is 10.6. The molecule has 1 unspecified atom stereocenters. The molecule has 22 heavy (non-hydrogen) atoms. The summed E-state index contributed by atoms with van der Waals surface area (Å²) in [6.07, 6.45) is 0. The summed E-state index contributed by atoms with van der Waals surface area (Å²) in [5, 5.41) is 9.40. The molecule has 0 aromatic heterocycles. The van der Waals surface area contributed by atoms with E-state index in [0.717, 1.165) is 5.56 Å². The van der Waals surface area contributed by atoms with Crippen LogP contribution in [-0.2, 0) is 16.6 Å². The summed E-state index contributed by atoms with van der Waals surface area (Å²) in [7, 11) is -2.07. The molecule has 0 saturated carbocycles. The van der Waals surface area contributed by atoms with E-state index in [1.807, 2.05) is 0 Å². The van der Waals surface area contributed by atoms with Gasteiger partial charge in [0, 0.05) is 12.1 Å². The summed E-state index contributed by atoms with van der Waals surface area (Å²) in [6.45, 7) is 0.152. The SMILES string of the molecule is COc1ccc(CN2C(C#N)c3ccccc3S2(=O)=O)cc1. The van der Waals surface area contributed by atoms with Gasteiger partial charge in [-0.3, -0.25) is 0 Å². The Labute approximate surface area is 129 Å². The van der Waals surface area contributed by atoms with E-state index in [1.54, 1.807) is 55.6 Å². The van der Waals surface area contributed by atoms with Crippen LogP contribution >= 0.6 is 0 Å². The predicted octanol–water partition coefficient (Wildman–Crippen LogP) is 2.46. The van der Waals surface area contributed by atoms with Gasteiger partial charge >= 0.3 is 0 Å². The van der Waals surface area contributed by atoms with Gasteiger partial charge in [0.05, 0.1) is 18.1 Å². The maximum atomic E-state index is 12.6. The molecule has 0 spiro atoms. The van der Waals surface area contributed by atoms with Gasteiger partial charge < -0.3 is 4.74 Å². The van der Waals surface area contributed by atoms with Crippen molar-refractivity contribution in [3.63, 3.8) is 0 Å². The summed E-state index contributed by atoms with van der Waals surface area (Å²) in [5.74, 6) is 0.702. The Bertz CT molecular complexity index is 838. The Morgan fingerprint density at radius 1 is 1.18 bits per heavy atom. The van der Waals surface area contributed by atoms with Crippen molar-refractivity contribution in [3.05, 3.63) is 59.7 Å². The molecule has 2 aromatic carbocycles. The maximum Gasteiger partial charge on any atom is 0.245 e. The van der Waals surface area contributed by atoms with E-state index in [1.165, 1.54) is 4.31 Å². The van der Waals surface area contributed by atoms with Crippen LogP contribution in [-0.4, -0.2) is 19.8 Å². The molecule has 1 heterocycles. The van der Waals surface area contributed by atoms with E-state index in [-0.39, 0.29) is 11.4 Å². The van der Waals surface area contributed by atoms with Crippen molar-refractivity contribution in [1.29, 1.82) is 5.26 Å². The number of rotatable bonds is 3. The highest BCUT2D eigenvalue weighted by molar-refractivity contribution is 7.89. The number of fused-ring (bicyclic) bond motifs is 1. The molecule has 3 rings (SSSR count). The zero-order valence-electron chi connectivity index (χ0n) is 11.9. The van der Waals surface area contributed by atoms with Crippen LogP contribution in [0.25, 0.3) is 0 Å². The third-order valence-corrected chi connectivity index (χ3v) is 5.59. The normalized spacial score (nSPS) is 19.4. The molecule has 0 amide bonds. The minimum atomic E-state index is -3.64. The smallest absolute Gasteiger partial charge is 0.245 e. The van der Waals surface area contributed by atoms with Crippen molar-refractivity contribution < 1.29 is 13.2 Å².